The zero-order chi connectivity index (χ0) is 19.6. The molecule has 0 bridgehead atoms. The number of hydrogen-bond donors (Lipinski definition) is 1. The molecule has 2 aliphatic rings. The van der Waals surface area contributed by atoms with Gasteiger partial charge in [0.05, 0.1) is 0 Å². The quantitative estimate of drug-likeness (QED) is 0.879. The van der Waals surface area contributed by atoms with Gasteiger partial charge in [-0.3, -0.25) is 4.90 Å². The van der Waals surface area contributed by atoms with Crippen molar-refractivity contribution < 1.29 is 4.79 Å². The summed E-state index contributed by atoms with van der Waals surface area (Å²) in [6.45, 7) is 6.80. The van der Waals surface area contributed by atoms with Crippen LogP contribution in [-0.2, 0) is 5.41 Å². The fourth-order valence-electron chi connectivity index (χ4n) is 4.57. The molecular formula is C22H29N5O. The van der Waals surface area contributed by atoms with Gasteiger partial charge in [0.25, 0.3) is 0 Å². The molecule has 0 radical (unpaired) electrons. The number of para-hydroxylation sites is 1. The monoisotopic (exact) mass is 379 g/mol. The van der Waals surface area contributed by atoms with E-state index >= 15 is 0 Å². The summed E-state index contributed by atoms with van der Waals surface area (Å²) in [6.07, 6.45) is 7.49. The lowest BCUT2D eigenvalue weighted by atomic mass is 9.74. The van der Waals surface area contributed by atoms with E-state index in [1.54, 1.807) is 12.4 Å². The molecular weight excluding hydrogens is 350 g/mol. The Balaban J connectivity index is 1.54. The summed E-state index contributed by atoms with van der Waals surface area (Å²) < 4.78 is 0. The Hall–Kier alpha value is -2.63. The number of aromatic nitrogens is 2. The standard InChI is InChI=1S/C22H29N5O/c1-3-17(4-2)25-21(28)27-16-22(18-8-5-6-9-19(18)27)10-14-26(15-11-22)20-23-12-7-13-24-20/h5-9,12-13,17H,3-4,10-11,14-16H2,1-2H3,(H,25,28). The van der Waals surface area contributed by atoms with Crippen molar-refractivity contribution in [3.63, 3.8) is 0 Å². The van der Waals surface area contributed by atoms with Crippen LogP contribution in [0.5, 0.6) is 0 Å². The molecule has 2 amide bonds. The van der Waals surface area contributed by atoms with Crippen LogP contribution in [0.25, 0.3) is 0 Å². The van der Waals surface area contributed by atoms with Crippen molar-refractivity contribution in [1.29, 1.82) is 0 Å². The van der Waals surface area contributed by atoms with Gasteiger partial charge in [-0.15, -0.1) is 0 Å². The van der Waals surface area contributed by atoms with E-state index in [1.807, 2.05) is 17.0 Å². The molecule has 0 aliphatic carbocycles. The van der Waals surface area contributed by atoms with Crippen molar-refractivity contribution in [2.24, 2.45) is 0 Å². The Kier molecular flexibility index (Phi) is 5.20. The third kappa shape index (κ3) is 3.32. The molecule has 1 spiro atoms. The van der Waals surface area contributed by atoms with E-state index in [0.29, 0.717) is 0 Å². The van der Waals surface area contributed by atoms with Gasteiger partial charge < -0.3 is 10.2 Å². The van der Waals surface area contributed by atoms with Crippen molar-refractivity contribution in [3.05, 3.63) is 48.3 Å². The highest BCUT2D eigenvalue weighted by Gasteiger charge is 2.46. The Morgan fingerprint density at radius 1 is 1.11 bits per heavy atom. The maximum absolute atomic E-state index is 13.0. The first-order valence-corrected chi connectivity index (χ1v) is 10.4. The number of piperidine rings is 1. The van der Waals surface area contributed by atoms with E-state index in [1.165, 1.54) is 5.56 Å². The van der Waals surface area contributed by atoms with E-state index in [-0.39, 0.29) is 17.5 Å². The number of urea groups is 1. The minimum Gasteiger partial charge on any atom is -0.341 e. The molecule has 6 heteroatoms. The van der Waals surface area contributed by atoms with Gasteiger partial charge in [0, 0.05) is 49.2 Å². The van der Waals surface area contributed by atoms with Gasteiger partial charge in [0.15, 0.2) is 0 Å². The van der Waals surface area contributed by atoms with Crippen LogP contribution in [0.2, 0.25) is 0 Å². The van der Waals surface area contributed by atoms with E-state index < -0.39 is 0 Å². The van der Waals surface area contributed by atoms with E-state index in [2.05, 4.69) is 52.2 Å². The first kappa shape index (κ1) is 18.7. The Morgan fingerprint density at radius 2 is 1.79 bits per heavy atom. The second kappa shape index (κ2) is 7.78. The summed E-state index contributed by atoms with van der Waals surface area (Å²) in [6, 6.07) is 10.5. The first-order chi connectivity index (χ1) is 13.7. The van der Waals surface area contributed by atoms with Crippen molar-refractivity contribution in [1.82, 2.24) is 15.3 Å². The molecule has 0 saturated carbocycles. The molecule has 1 fully saturated rings. The van der Waals surface area contributed by atoms with Crippen LogP contribution in [0.15, 0.2) is 42.7 Å². The molecule has 1 aromatic carbocycles. The second-order valence-electron chi connectivity index (χ2n) is 7.88. The summed E-state index contributed by atoms with van der Waals surface area (Å²) >= 11 is 0. The summed E-state index contributed by atoms with van der Waals surface area (Å²) in [5.74, 6) is 0.798. The number of anilines is 2. The molecule has 1 aromatic heterocycles. The number of hydrogen-bond acceptors (Lipinski definition) is 4. The average molecular weight is 380 g/mol. The topological polar surface area (TPSA) is 61.4 Å². The average Bonchev–Trinajstić information content (AvgIpc) is 3.07. The number of nitrogens with one attached hydrogen (secondary N) is 1. The molecule has 4 rings (SSSR count). The highest BCUT2D eigenvalue weighted by molar-refractivity contribution is 5.95. The summed E-state index contributed by atoms with van der Waals surface area (Å²) in [4.78, 5) is 26.0. The Morgan fingerprint density at radius 3 is 2.46 bits per heavy atom. The molecule has 148 valence electrons. The summed E-state index contributed by atoms with van der Waals surface area (Å²) in [5, 5.41) is 3.21. The minimum absolute atomic E-state index is 0.0210. The number of fused-ring (bicyclic) bond motifs is 2. The normalized spacial score (nSPS) is 17.8. The number of carbonyl (C=O) groups is 1. The lowest BCUT2D eigenvalue weighted by Crippen LogP contribution is -2.49. The van der Waals surface area contributed by atoms with Gasteiger partial charge in [-0.1, -0.05) is 32.0 Å². The molecule has 1 saturated heterocycles. The summed E-state index contributed by atoms with van der Waals surface area (Å²) in [7, 11) is 0. The van der Waals surface area contributed by atoms with Crippen LogP contribution >= 0.6 is 0 Å². The summed E-state index contributed by atoms with van der Waals surface area (Å²) in [5.41, 5.74) is 2.39. The van der Waals surface area contributed by atoms with Gasteiger partial charge in [-0.05, 0) is 43.4 Å². The molecule has 0 atom stereocenters. The molecule has 6 nitrogen and oxygen atoms in total. The Labute approximate surface area is 167 Å². The third-order valence-corrected chi connectivity index (χ3v) is 6.34. The SMILES string of the molecule is CCC(CC)NC(=O)N1CC2(CCN(c3ncccn3)CC2)c2ccccc21. The van der Waals surface area contributed by atoms with Gasteiger partial charge in [0.2, 0.25) is 5.95 Å². The van der Waals surface area contributed by atoms with Crippen LogP contribution in [-0.4, -0.2) is 41.7 Å². The predicted octanol–water partition coefficient (Wildman–Crippen LogP) is 3.73. The molecule has 28 heavy (non-hydrogen) atoms. The van der Waals surface area contributed by atoms with Gasteiger partial charge in [0.1, 0.15) is 0 Å². The zero-order valence-corrected chi connectivity index (χ0v) is 16.8. The van der Waals surface area contributed by atoms with Crippen LogP contribution in [0.4, 0.5) is 16.4 Å². The molecule has 1 N–H and O–H groups in total. The van der Waals surface area contributed by atoms with Crippen LogP contribution in [0.3, 0.4) is 0 Å². The molecule has 0 unspecified atom stereocenters. The van der Waals surface area contributed by atoms with Crippen molar-refractivity contribution in [2.75, 3.05) is 29.4 Å². The van der Waals surface area contributed by atoms with Crippen molar-refractivity contribution >= 4 is 17.7 Å². The van der Waals surface area contributed by atoms with Gasteiger partial charge >= 0.3 is 6.03 Å². The van der Waals surface area contributed by atoms with E-state index in [4.69, 9.17) is 0 Å². The molecule has 3 heterocycles. The number of amides is 2. The highest BCUT2D eigenvalue weighted by atomic mass is 16.2. The fraction of sp³-hybridized carbons (Fsp3) is 0.500. The van der Waals surface area contributed by atoms with E-state index in [9.17, 15) is 4.79 Å². The number of benzene rings is 1. The van der Waals surface area contributed by atoms with E-state index in [0.717, 1.165) is 57.0 Å². The maximum atomic E-state index is 13.0. The van der Waals surface area contributed by atoms with Crippen molar-refractivity contribution in [3.8, 4) is 0 Å². The largest absolute Gasteiger partial charge is 0.341 e. The molecule has 2 aromatic rings. The first-order valence-electron chi connectivity index (χ1n) is 10.4. The lowest BCUT2D eigenvalue weighted by Gasteiger charge is -2.39. The van der Waals surface area contributed by atoms with Gasteiger partial charge in [-0.2, -0.15) is 0 Å². The minimum atomic E-state index is 0.0210. The zero-order valence-electron chi connectivity index (χ0n) is 16.8. The highest BCUT2D eigenvalue weighted by Crippen LogP contribution is 2.47. The van der Waals surface area contributed by atoms with Crippen molar-refractivity contribution in [2.45, 2.75) is 51.0 Å². The van der Waals surface area contributed by atoms with Crippen LogP contribution in [0.1, 0.15) is 45.1 Å². The molecule has 2 aliphatic heterocycles. The number of carbonyl (C=O) groups excluding carboxylic acids is 1. The Bertz CT molecular complexity index is 813. The van der Waals surface area contributed by atoms with Gasteiger partial charge in [-0.25, -0.2) is 14.8 Å². The fourth-order valence-corrected chi connectivity index (χ4v) is 4.57. The smallest absolute Gasteiger partial charge is 0.322 e. The second-order valence-corrected chi connectivity index (χ2v) is 7.88. The number of rotatable bonds is 4. The lowest BCUT2D eigenvalue weighted by molar-refractivity contribution is 0.239. The third-order valence-electron chi connectivity index (χ3n) is 6.34. The predicted molar refractivity (Wildman–Crippen MR) is 112 cm³/mol. The maximum Gasteiger partial charge on any atom is 0.322 e. The van der Waals surface area contributed by atoms with Crippen LogP contribution in [0, 0.1) is 0 Å². The van der Waals surface area contributed by atoms with Crippen LogP contribution < -0.4 is 15.1 Å². The number of nitrogens with zero attached hydrogens (tertiary/aromatic N) is 4.